The average molecular weight is 317 g/mol. The second kappa shape index (κ2) is 5.77. The number of hydrogen-bond acceptors (Lipinski definition) is 2. The van der Waals surface area contributed by atoms with Gasteiger partial charge in [-0.3, -0.25) is 0 Å². The third-order valence-electron chi connectivity index (χ3n) is 4.75. The van der Waals surface area contributed by atoms with Gasteiger partial charge in [-0.1, -0.05) is 55.5 Å². The molecule has 0 saturated carbocycles. The summed E-state index contributed by atoms with van der Waals surface area (Å²) in [5, 5.41) is 11.7. The molecule has 3 heteroatoms. The number of aryl methyl sites for hydroxylation is 1. The fourth-order valence-corrected chi connectivity index (χ4v) is 3.45. The number of pyridine rings is 1. The highest BCUT2D eigenvalue weighted by atomic mass is 16.3. The van der Waals surface area contributed by atoms with E-state index in [1.165, 1.54) is 5.56 Å². The summed E-state index contributed by atoms with van der Waals surface area (Å²) in [5.41, 5.74) is 2.07. The van der Waals surface area contributed by atoms with Gasteiger partial charge in [0.1, 0.15) is 5.69 Å². The SMILES string of the molecule is CCc1ccc([C@@]2(O)C[n+]3ccccc3N2c2ccccc2)cc1. The van der Waals surface area contributed by atoms with E-state index >= 15 is 0 Å². The Labute approximate surface area is 142 Å². The molecule has 1 aliphatic heterocycles. The number of nitrogens with zero attached hydrogens (tertiary/aromatic N) is 2. The summed E-state index contributed by atoms with van der Waals surface area (Å²) in [6.07, 6.45) is 3.01. The summed E-state index contributed by atoms with van der Waals surface area (Å²) in [7, 11) is 0. The van der Waals surface area contributed by atoms with Crippen molar-refractivity contribution < 1.29 is 9.67 Å². The number of para-hydroxylation sites is 1. The molecule has 0 saturated heterocycles. The van der Waals surface area contributed by atoms with Crippen LogP contribution >= 0.6 is 0 Å². The maximum Gasteiger partial charge on any atom is 0.284 e. The van der Waals surface area contributed by atoms with Gasteiger partial charge in [-0.25, -0.2) is 4.57 Å². The molecule has 2 aromatic carbocycles. The third kappa shape index (κ3) is 2.29. The van der Waals surface area contributed by atoms with Crippen LogP contribution in [0.5, 0.6) is 0 Å². The third-order valence-corrected chi connectivity index (χ3v) is 4.75. The Morgan fingerprint density at radius 1 is 0.958 bits per heavy atom. The normalized spacial score (nSPS) is 19.3. The Morgan fingerprint density at radius 2 is 1.67 bits per heavy atom. The second-order valence-electron chi connectivity index (χ2n) is 6.22. The van der Waals surface area contributed by atoms with Crippen LogP contribution in [0.25, 0.3) is 0 Å². The molecule has 0 radical (unpaired) electrons. The first-order chi connectivity index (χ1) is 11.7. The molecule has 0 spiro atoms. The van der Waals surface area contributed by atoms with Crippen molar-refractivity contribution in [1.29, 1.82) is 0 Å². The van der Waals surface area contributed by atoms with Gasteiger partial charge in [-0.15, -0.1) is 0 Å². The molecule has 120 valence electrons. The lowest BCUT2D eigenvalue weighted by atomic mass is 9.99. The Kier molecular flexibility index (Phi) is 3.58. The van der Waals surface area contributed by atoms with Crippen molar-refractivity contribution in [1.82, 2.24) is 0 Å². The van der Waals surface area contributed by atoms with Crippen LogP contribution in [0.15, 0.2) is 79.0 Å². The van der Waals surface area contributed by atoms with E-state index in [0.717, 1.165) is 23.5 Å². The summed E-state index contributed by atoms with van der Waals surface area (Å²) in [6, 6.07) is 24.4. The van der Waals surface area contributed by atoms with Gasteiger partial charge in [0.05, 0.1) is 6.20 Å². The van der Waals surface area contributed by atoms with E-state index in [-0.39, 0.29) is 0 Å². The quantitative estimate of drug-likeness (QED) is 0.748. The van der Waals surface area contributed by atoms with Crippen LogP contribution in [-0.4, -0.2) is 5.11 Å². The van der Waals surface area contributed by atoms with E-state index in [0.29, 0.717) is 6.54 Å². The van der Waals surface area contributed by atoms with Gasteiger partial charge in [0, 0.05) is 11.6 Å². The van der Waals surface area contributed by atoms with Crippen LogP contribution in [0.4, 0.5) is 11.5 Å². The Balaban J connectivity index is 1.87. The average Bonchev–Trinajstić information content (AvgIpc) is 2.95. The largest absolute Gasteiger partial charge is 0.346 e. The Bertz CT molecular complexity index is 845. The molecule has 3 aromatic rings. The molecule has 4 rings (SSSR count). The summed E-state index contributed by atoms with van der Waals surface area (Å²) in [5.74, 6) is 0.991. The number of hydrogen-bond donors (Lipinski definition) is 1. The van der Waals surface area contributed by atoms with Crippen molar-refractivity contribution >= 4 is 11.5 Å². The molecule has 0 aliphatic carbocycles. The van der Waals surface area contributed by atoms with Gasteiger partial charge >= 0.3 is 0 Å². The minimum atomic E-state index is -1.10. The monoisotopic (exact) mass is 317 g/mol. The number of rotatable bonds is 3. The van der Waals surface area contributed by atoms with Crippen molar-refractivity contribution in [3.8, 4) is 0 Å². The zero-order chi connectivity index (χ0) is 16.6. The summed E-state index contributed by atoms with van der Waals surface area (Å²) >= 11 is 0. The predicted molar refractivity (Wildman–Crippen MR) is 94.9 cm³/mol. The lowest BCUT2D eigenvalue weighted by molar-refractivity contribution is -0.683. The van der Waals surface area contributed by atoms with E-state index in [1.54, 1.807) is 0 Å². The van der Waals surface area contributed by atoms with Gasteiger partial charge in [0.15, 0.2) is 6.54 Å². The van der Waals surface area contributed by atoms with Crippen molar-refractivity contribution in [3.63, 3.8) is 0 Å². The van der Waals surface area contributed by atoms with E-state index in [2.05, 4.69) is 23.6 Å². The fourth-order valence-electron chi connectivity index (χ4n) is 3.45. The van der Waals surface area contributed by atoms with E-state index in [9.17, 15) is 5.11 Å². The maximum absolute atomic E-state index is 11.7. The second-order valence-corrected chi connectivity index (χ2v) is 6.22. The fraction of sp³-hybridized carbons (Fsp3) is 0.190. The molecule has 0 amide bonds. The van der Waals surface area contributed by atoms with Crippen LogP contribution < -0.4 is 9.47 Å². The first kappa shape index (κ1) is 14.9. The summed E-state index contributed by atoms with van der Waals surface area (Å²) in [4.78, 5) is 2.02. The maximum atomic E-state index is 11.7. The van der Waals surface area contributed by atoms with Crippen molar-refractivity contribution in [2.45, 2.75) is 25.6 Å². The highest BCUT2D eigenvalue weighted by Gasteiger charge is 2.52. The Morgan fingerprint density at radius 3 is 2.38 bits per heavy atom. The lowest BCUT2D eigenvalue weighted by Crippen LogP contribution is -2.43. The lowest BCUT2D eigenvalue weighted by Gasteiger charge is -2.27. The van der Waals surface area contributed by atoms with E-state index < -0.39 is 5.72 Å². The topological polar surface area (TPSA) is 27.4 Å². The smallest absolute Gasteiger partial charge is 0.284 e. The molecule has 1 aliphatic rings. The summed E-state index contributed by atoms with van der Waals surface area (Å²) in [6.45, 7) is 2.64. The molecule has 0 bridgehead atoms. The molecule has 2 heterocycles. The van der Waals surface area contributed by atoms with Crippen molar-refractivity contribution in [3.05, 3.63) is 90.1 Å². The number of aliphatic hydroxyl groups is 1. The predicted octanol–water partition coefficient (Wildman–Crippen LogP) is 3.53. The van der Waals surface area contributed by atoms with Gasteiger partial charge in [-0.05, 0) is 30.2 Å². The van der Waals surface area contributed by atoms with Crippen LogP contribution in [0.1, 0.15) is 18.1 Å². The van der Waals surface area contributed by atoms with E-state index in [1.807, 2.05) is 71.8 Å². The first-order valence-corrected chi connectivity index (χ1v) is 8.38. The van der Waals surface area contributed by atoms with Gasteiger partial charge in [0.2, 0.25) is 0 Å². The molecule has 0 unspecified atom stereocenters. The molecular weight excluding hydrogens is 296 g/mol. The van der Waals surface area contributed by atoms with Crippen LogP contribution in [0, 0.1) is 0 Å². The van der Waals surface area contributed by atoms with Crippen molar-refractivity contribution in [2.75, 3.05) is 4.90 Å². The molecule has 0 fully saturated rings. The number of anilines is 2. The van der Waals surface area contributed by atoms with Crippen LogP contribution in [0.3, 0.4) is 0 Å². The van der Waals surface area contributed by atoms with Crippen molar-refractivity contribution in [2.24, 2.45) is 0 Å². The highest BCUT2D eigenvalue weighted by molar-refractivity contribution is 5.62. The highest BCUT2D eigenvalue weighted by Crippen LogP contribution is 2.40. The van der Waals surface area contributed by atoms with Crippen LogP contribution in [0.2, 0.25) is 0 Å². The number of benzene rings is 2. The number of fused-ring (bicyclic) bond motifs is 1. The molecule has 3 nitrogen and oxygen atoms in total. The molecular formula is C21H21N2O+. The minimum Gasteiger partial charge on any atom is -0.346 e. The zero-order valence-electron chi connectivity index (χ0n) is 13.8. The standard InChI is InChI=1S/C21H21N2O/c1-2-17-11-13-18(14-12-17)21(24)16-22-15-7-6-10-20(22)23(21)19-8-4-3-5-9-19/h3-15,24H,2,16H2,1H3/q+1/t21-/m0/s1. The van der Waals surface area contributed by atoms with Gasteiger partial charge < -0.3 is 5.11 Å². The minimum absolute atomic E-state index is 0.504. The van der Waals surface area contributed by atoms with E-state index in [4.69, 9.17) is 0 Å². The van der Waals surface area contributed by atoms with Gasteiger partial charge in [-0.2, -0.15) is 4.90 Å². The molecule has 1 N–H and O–H groups in total. The molecule has 24 heavy (non-hydrogen) atoms. The molecule has 1 aromatic heterocycles. The zero-order valence-corrected chi connectivity index (χ0v) is 13.8. The van der Waals surface area contributed by atoms with Crippen LogP contribution in [-0.2, 0) is 18.7 Å². The Hall–Kier alpha value is -2.65. The first-order valence-electron chi connectivity index (χ1n) is 8.38. The van der Waals surface area contributed by atoms with Gasteiger partial charge in [0.25, 0.3) is 11.5 Å². The summed E-state index contributed by atoms with van der Waals surface area (Å²) < 4.78 is 2.10. The number of aromatic nitrogens is 1. The molecule has 1 atom stereocenters.